The van der Waals surface area contributed by atoms with Crippen molar-refractivity contribution in [3.8, 4) is 11.8 Å². The maximum absolute atomic E-state index is 12.3. The van der Waals surface area contributed by atoms with Gasteiger partial charge in [0.15, 0.2) is 0 Å². The molecule has 0 bridgehead atoms. The van der Waals surface area contributed by atoms with E-state index in [4.69, 9.17) is 4.74 Å². The first kappa shape index (κ1) is 22.1. The standard InChI is InChI=1S/C21H18N4O4S2/c1-14-5-3-4-6-16(14)13-29-18-9-7-15(8-10-18)11-17(12-22)19(26)23-20-24-21(25-30-20)31(2,27)28/h3-11H,13H2,1-2H3,(H,23,24,25,26). The summed E-state index contributed by atoms with van der Waals surface area (Å²) in [7, 11) is -3.58. The number of carbonyl (C=O) groups excluding carboxylic acids is 1. The minimum atomic E-state index is -3.58. The van der Waals surface area contributed by atoms with Crippen LogP contribution in [0.5, 0.6) is 5.75 Å². The van der Waals surface area contributed by atoms with Crippen LogP contribution >= 0.6 is 11.5 Å². The van der Waals surface area contributed by atoms with Crippen molar-refractivity contribution in [1.29, 1.82) is 5.26 Å². The molecule has 1 aromatic heterocycles. The van der Waals surface area contributed by atoms with Gasteiger partial charge < -0.3 is 4.74 Å². The number of nitrogens with zero attached hydrogens (tertiary/aromatic N) is 3. The third-order valence-electron chi connectivity index (χ3n) is 4.17. The Labute approximate surface area is 183 Å². The monoisotopic (exact) mass is 454 g/mol. The number of aryl methyl sites for hydroxylation is 1. The molecule has 1 heterocycles. The van der Waals surface area contributed by atoms with E-state index in [0.29, 0.717) is 17.9 Å². The Morgan fingerprint density at radius 1 is 1.23 bits per heavy atom. The molecular weight excluding hydrogens is 436 g/mol. The van der Waals surface area contributed by atoms with Crippen LogP contribution in [0.15, 0.2) is 59.3 Å². The molecule has 0 spiro atoms. The van der Waals surface area contributed by atoms with Crippen molar-refractivity contribution in [3.63, 3.8) is 0 Å². The molecule has 0 fully saturated rings. The molecule has 10 heteroatoms. The van der Waals surface area contributed by atoms with Crippen LogP contribution in [0.2, 0.25) is 0 Å². The summed E-state index contributed by atoms with van der Waals surface area (Å²) in [6.45, 7) is 2.45. The first-order valence-corrected chi connectivity index (χ1v) is 11.7. The molecule has 3 rings (SSSR count). The van der Waals surface area contributed by atoms with E-state index < -0.39 is 15.7 Å². The Morgan fingerprint density at radius 2 is 1.94 bits per heavy atom. The van der Waals surface area contributed by atoms with Crippen LogP contribution in [-0.4, -0.2) is 29.9 Å². The molecule has 0 unspecified atom stereocenters. The second-order valence-electron chi connectivity index (χ2n) is 6.56. The van der Waals surface area contributed by atoms with Gasteiger partial charge in [0.1, 0.15) is 24.0 Å². The zero-order chi connectivity index (χ0) is 22.4. The molecule has 0 aliphatic heterocycles. The summed E-state index contributed by atoms with van der Waals surface area (Å²) in [6.07, 6.45) is 2.38. The lowest BCUT2D eigenvalue weighted by molar-refractivity contribution is -0.112. The van der Waals surface area contributed by atoms with Crippen LogP contribution < -0.4 is 10.1 Å². The molecular formula is C21H18N4O4S2. The fourth-order valence-corrected chi connectivity index (χ4v) is 3.92. The van der Waals surface area contributed by atoms with Gasteiger partial charge >= 0.3 is 0 Å². The van der Waals surface area contributed by atoms with Crippen LogP contribution in [0.4, 0.5) is 5.13 Å². The first-order chi connectivity index (χ1) is 14.8. The van der Waals surface area contributed by atoms with Crippen molar-refractivity contribution >= 4 is 38.5 Å². The Balaban J connectivity index is 1.66. The minimum Gasteiger partial charge on any atom is -0.489 e. The summed E-state index contributed by atoms with van der Waals surface area (Å²) in [5.41, 5.74) is 2.70. The van der Waals surface area contributed by atoms with Crippen molar-refractivity contribution in [2.24, 2.45) is 0 Å². The summed E-state index contributed by atoms with van der Waals surface area (Å²) < 4.78 is 32.3. The van der Waals surface area contributed by atoms with Gasteiger partial charge in [-0.1, -0.05) is 36.4 Å². The third-order valence-corrected chi connectivity index (χ3v) is 5.76. The number of carbonyl (C=O) groups is 1. The van der Waals surface area contributed by atoms with Crippen LogP contribution in [0.25, 0.3) is 6.08 Å². The SMILES string of the molecule is Cc1ccccc1COc1ccc(C=C(C#N)C(=O)Nc2nc(S(C)(=O)=O)ns2)cc1. The predicted molar refractivity (Wildman–Crippen MR) is 117 cm³/mol. The first-order valence-electron chi connectivity index (χ1n) is 9.00. The van der Waals surface area contributed by atoms with Crippen molar-refractivity contribution in [3.05, 3.63) is 70.8 Å². The van der Waals surface area contributed by atoms with Gasteiger partial charge in [-0.3, -0.25) is 10.1 Å². The average molecular weight is 455 g/mol. The van der Waals surface area contributed by atoms with Crippen LogP contribution in [0.1, 0.15) is 16.7 Å². The highest BCUT2D eigenvalue weighted by Gasteiger charge is 2.17. The van der Waals surface area contributed by atoms with Crippen molar-refractivity contribution < 1.29 is 17.9 Å². The molecule has 1 amide bonds. The van der Waals surface area contributed by atoms with E-state index in [0.717, 1.165) is 28.9 Å². The lowest BCUT2D eigenvalue weighted by Crippen LogP contribution is -2.13. The van der Waals surface area contributed by atoms with E-state index >= 15 is 0 Å². The third kappa shape index (κ3) is 5.97. The maximum Gasteiger partial charge on any atom is 0.268 e. The summed E-state index contributed by atoms with van der Waals surface area (Å²) in [5.74, 6) is -0.0518. The Bertz CT molecular complexity index is 1270. The van der Waals surface area contributed by atoms with E-state index in [1.807, 2.05) is 37.3 Å². The molecule has 8 nitrogen and oxygen atoms in total. The van der Waals surface area contributed by atoms with Gasteiger partial charge in [-0.2, -0.15) is 14.6 Å². The second kappa shape index (κ2) is 9.51. The molecule has 0 aliphatic carbocycles. The number of aromatic nitrogens is 2. The average Bonchev–Trinajstić information content (AvgIpc) is 3.21. The van der Waals surface area contributed by atoms with Crippen molar-refractivity contribution in [2.45, 2.75) is 18.7 Å². The summed E-state index contributed by atoms with van der Waals surface area (Å²) in [5, 5.41) is 11.3. The topological polar surface area (TPSA) is 122 Å². The summed E-state index contributed by atoms with van der Waals surface area (Å²) in [6, 6.07) is 16.7. The number of benzene rings is 2. The highest BCUT2D eigenvalue weighted by Crippen LogP contribution is 2.19. The summed E-state index contributed by atoms with van der Waals surface area (Å²) in [4.78, 5) is 16.1. The number of rotatable bonds is 7. The van der Waals surface area contributed by atoms with Gasteiger partial charge in [-0.25, -0.2) is 8.42 Å². The van der Waals surface area contributed by atoms with Crippen molar-refractivity contribution in [1.82, 2.24) is 9.36 Å². The molecule has 2 aromatic carbocycles. The summed E-state index contributed by atoms with van der Waals surface area (Å²) >= 11 is 0.720. The van der Waals surface area contributed by atoms with E-state index in [-0.39, 0.29) is 15.9 Å². The van der Waals surface area contributed by atoms with Crippen LogP contribution in [0.3, 0.4) is 0 Å². The van der Waals surface area contributed by atoms with E-state index in [1.165, 1.54) is 6.08 Å². The van der Waals surface area contributed by atoms with E-state index in [2.05, 4.69) is 14.7 Å². The number of ether oxygens (including phenoxy) is 1. The van der Waals surface area contributed by atoms with E-state index in [1.54, 1.807) is 24.3 Å². The fraction of sp³-hybridized carbons (Fsp3) is 0.143. The Hall–Kier alpha value is -3.55. The smallest absolute Gasteiger partial charge is 0.268 e. The van der Waals surface area contributed by atoms with Gasteiger partial charge in [0.05, 0.1) is 0 Å². The molecule has 3 aromatic rings. The minimum absolute atomic E-state index is 0.00784. The molecule has 158 valence electrons. The van der Waals surface area contributed by atoms with Crippen LogP contribution in [-0.2, 0) is 21.2 Å². The predicted octanol–water partition coefficient (Wildman–Crippen LogP) is 3.37. The van der Waals surface area contributed by atoms with Crippen molar-refractivity contribution in [2.75, 3.05) is 11.6 Å². The molecule has 0 saturated heterocycles. The molecule has 31 heavy (non-hydrogen) atoms. The fourth-order valence-electron chi connectivity index (χ4n) is 2.48. The molecule has 0 radical (unpaired) electrons. The van der Waals surface area contributed by atoms with Gasteiger partial charge in [-0.05, 0) is 41.8 Å². The molecule has 0 aliphatic rings. The second-order valence-corrected chi connectivity index (χ2v) is 9.22. The normalized spacial score (nSPS) is 11.6. The lowest BCUT2D eigenvalue weighted by atomic mass is 10.1. The quantitative estimate of drug-likeness (QED) is 0.429. The molecule has 1 N–H and O–H groups in total. The number of nitriles is 1. The molecule has 0 saturated carbocycles. The number of hydrogen-bond acceptors (Lipinski definition) is 8. The van der Waals surface area contributed by atoms with Gasteiger partial charge in [-0.15, -0.1) is 0 Å². The van der Waals surface area contributed by atoms with Gasteiger partial charge in [0.25, 0.3) is 11.1 Å². The Morgan fingerprint density at radius 3 is 2.55 bits per heavy atom. The highest BCUT2D eigenvalue weighted by atomic mass is 32.2. The lowest BCUT2D eigenvalue weighted by Gasteiger charge is -2.08. The number of hydrogen-bond donors (Lipinski definition) is 1. The van der Waals surface area contributed by atoms with Gasteiger partial charge in [0, 0.05) is 17.8 Å². The number of anilines is 1. The number of amides is 1. The number of nitrogens with one attached hydrogen (secondary N) is 1. The molecule has 0 atom stereocenters. The zero-order valence-electron chi connectivity index (χ0n) is 16.7. The zero-order valence-corrected chi connectivity index (χ0v) is 18.3. The maximum atomic E-state index is 12.3. The Kier molecular flexibility index (Phi) is 6.79. The largest absolute Gasteiger partial charge is 0.489 e. The van der Waals surface area contributed by atoms with E-state index in [9.17, 15) is 18.5 Å². The van der Waals surface area contributed by atoms with Crippen LogP contribution in [0, 0.1) is 18.3 Å². The highest BCUT2D eigenvalue weighted by molar-refractivity contribution is 7.90. The van der Waals surface area contributed by atoms with Gasteiger partial charge in [0.2, 0.25) is 15.0 Å². The number of sulfone groups is 1.